The Kier molecular flexibility index (Phi) is 7.31. The first kappa shape index (κ1) is 22.8. The monoisotopic (exact) mass is 448 g/mol. The predicted octanol–water partition coefficient (Wildman–Crippen LogP) is 2.28. The zero-order chi connectivity index (χ0) is 22.4. The van der Waals surface area contributed by atoms with Gasteiger partial charge in [0.1, 0.15) is 0 Å². The molecule has 0 amide bonds. The fourth-order valence-corrected chi connectivity index (χ4v) is 5.36. The van der Waals surface area contributed by atoms with Crippen molar-refractivity contribution in [3.05, 3.63) is 79.9 Å². The lowest BCUT2D eigenvalue weighted by molar-refractivity contribution is -0.385. The van der Waals surface area contributed by atoms with Crippen LogP contribution in [-0.4, -0.2) is 53.8 Å². The van der Waals surface area contributed by atoms with Crippen LogP contribution in [0.2, 0.25) is 0 Å². The Morgan fingerprint density at radius 1 is 0.935 bits per heavy atom. The molecule has 1 N–H and O–H groups in total. The Hall–Kier alpha value is -2.89. The van der Waals surface area contributed by atoms with Gasteiger partial charge in [-0.05, 0) is 17.5 Å². The van der Waals surface area contributed by atoms with E-state index in [0.29, 0.717) is 32.6 Å². The molecule has 1 heterocycles. The van der Waals surface area contributed by atoms with E-state index in [-0.39, 0.29) is 28.9 Å². The zero-order valence-electron chi connectivity index (χ0n) is 16.8. The highest BCUT2D eigenvalue weighted by Gasteiger charge is 2.32. The van der Waals surface area contributed by atoms with Crippen LogP contribution in [0.5, 0.6) is 0 Å². The first-order valence-corrected chi connectivity index (χ1v) is 11.7. The number of nitro groups is 2. The maximum atomic E-state index is 11.9. The fourth-order valence-electron chi connectivity index (χ4n) is 3.60. The summed E-state index contributed by atoms with van der Waals surface area (Å²) in [6.07, 6.45) is 0.567. The maximum Gasteiger partial charge on any atom is 0.269 e. The summed E-state index contributed by atoms with van der Waals surface area (Å²) in [5, 5.41) is 24.9. The number of rotatable bonds is 10. The van der Waals surface area contributed by atoms with E-state index in [2.05, 4.69) is 10.2 Å². The molecule has 1 aliphatic rings. The van der Waals surface area contributed by atoms with Gasteiger partial charge in [-0.3, -0.25) is 25.1 Å². The van der Waals surface area contributed by atoms with Crippen molar-refractivity contribution < 1.29 is 18.3 Å². The SMILES string of the molecule is O=[N+]([O-])c1ccc(CNCCN(Cc2ccc([N+](=O)[O-])cc2)[C@@H]2CCS(=O)(=O)C2)cc1. The van der Waals surface area contributed by atoms with Crippen LogP contribution in [0.1, 0.15) is 17.5 Å². The topological polar surface area (TPSA) is 136 Å². The summed E-state index contributed by atoms with van der Waals surface area (Å²) < 4.78 is 23.9. The summed E-state index contributed by atoms with van der Waals surface area (Å²) in [5.74, 6) is 0.285. The van der Waals surface area contributed by atoms with Crippen molar-refractivity contribution in [1.29, 1.82) is 0 Å². The van der Waals surface area contributed by atoms with Gasteiger partial charge in [-0.25, -0.2) is 8.42 Å². The first-order valence-electron chi connectivity index (χ1n) is 9.85. The van der Waals surface area contributed by atoms with Gasteiger partial charge in [0.2, 0.25) is 0 Å². The minimum atomic E-state index is -3.04. The van der Waals surface area contributed by atoms with Gasteiger partial charge in [0.05, 0.1) is 21.4 Å². The Morgan fingerprint density at radius 3 is 1.97 bits per heavy atom. The Labute approximate surface area is 180 Å². The van der Waals surface area contributed by atoms with Crippen LogP contribution in [0.4, 0.5) is 11.4 Å². The van der Waals surface area contributed by atoms with Crippen molar-refractivity contribution in [3.63, 3.8) is 0 Å². The van der Waals surface area contributed by atoms with Crippen LogP contribution in [0, 0.1) is 20.2 Å². The third-order valence-corrected chi connectivity index (χ3v) is 7.06. The maximum absolute atomic E-state index is 11.9. The molecule has 1 atom stereocenters. The molecule has 2 aromatic carbocycles. The van der Waals surface area contributed by atoms with Crippen LogP contribution in [0.3, 0.4) is 0 Å². The van der Waals surface area contributed by atoms with E-state index in [9.17, 15) is 28.6 Å². The number of nitrogens with zero attached hydrogens (tertiary/aromatic N) is 3. The van der Waals surface area contributed by atoms with Crippen molar-refractivity contribution in [1.82, 2.24) is 10.2 Å². The molecule has 1 aliphatic heterocycles. The number of nitro benzene ring substituents is 2. The normalized spacial score (nSPS) is 17.6. The lowest BCUT2D eigenvalue weighted by Crippen LogP contribution is -2.40. The molecule has 2 aromatic rings. The summed E-state index contributed by atoms with van der Waals surface area (Å²) >= 11 is 0. The molecular weight excluding hydrogens is 424 g/mol. The molecule has 0 bridgehead atoms. The fraction of sp³-hybridized carbons (Fsp3) is 0.400. The zero-order valence-corrected chi connectivity index (χ0v) is 17.7. The molecule has 31 heavy (non-hydrogen) atoms. The first-order chi connectivity index (χ1) is 14.7. The van der Waals surface area contributed by atoms with Gasteiger partial charge in [0, 0.05) is 56.5 Å². The van der Waals surface area contributed by atoms with Crippen LogP contribution in [0.25, 0.3) is 0 Å². The molecule has 0 spiro atoms. The van der Waals surface area contributed by atoms with E-state index in [4.69, 9.17) is 0 Å². The van der Waals surface area contributed by atoms with E-state index in [0.717, 1.165) is 11.1 Å². The van der Waals surface area contributed by atoms with Gasteiger partial charge in [-0.1, -0.05) is 24.3 Å². The number of non-ortho nitro benzene ring substituents is 2. The van der Waals surface area contributed by atoms with Crippen molar-refractivity contribution in [2.24, 2.45) is 0 Å². The standard InChI is InChI=1S/C20H24N4O6S/c25-23(26)18-5-1-16(2-6-18)13-21-10-11-22(20-9-12-31(29,30)15-20)14-17-3-7-19(8-4-17)24(27)28/h1-8,20-21H,9-15H2/t20-/m1/s1. The van der Waals surface area contributed by atoms with Gasteiger partial charge in [0.25, 0.3) is 11.4 Å². The molecule has 3 rings (SSSR count). The van der Waals surface area contributed by atoms with Gasteiger partial charge < -0.3 is 5.32 Å². The molecule has 0 radical (unpaired) electrons. The number of nitrogens with one attached hydrogen (secondary N) is 1. The molecule has 0 aliphatic carbocycles. The largest absolute Gasteiger partial charge is 0.311 e. The quantitative estimate of drug-likeness (QED) is 0.332. The summed E-state index contributed by atoms with van der Waals surface area (Å²) in [7, 11) is -3.04. The number of hydrogen-bond acceptors (Lipinski definition) is 8. The van der Waals surface area contributed by atoms with E-state index in [1.807, 2.05) is 0 Å². The summed E-state index contributed by atoms with van der Waals surface area (Å²) in [6.45, 7) is 2.23. The third-order valence-electron chi connectivity index (χ3n) is 5.31. The molecule has 1 saturated heterocycles. The van der Waals surface area contributed by atoms with Crippen molar-refractivity contribution in [3.8, 4) is 0 Å². The number of sulfone groups is 1. The Balaban J connectivity index is 1.58. The van der Waals surface area contributed by atoms with Gasteiger partial charge in [-0.2, -0.15) is 0 Å². The molecule has 0 unspecified atom stereocenters. The van der Waals surface area contributed by atoms with Crippen LogP contribution in [-0.2, 0) is 22.9 Å². The molecule has 166 valence electrons. The lowest BCUT2D eigenvalue weighted by Gasteiger charge is -2.28. The van der Waals surface area contributed by atoms with Gasteiger partial charge in [-0.15, -0.1) is 0 Å². The van der Waals surface area contributed by atoms with E-state index < -0.39 is 19.7 Å². The Bertz CT molecular complexity index is 1020. The smallest absolute Gasteiger partial charge is 0.269 e. The van der Waals surface area contributed by atoms with E-state index >= 15 is 0 Å². The van der Waals surface area contributed by atoms with Crippen LogP contribution >= 0.6 is 0 Å². The van der Waals surface area contributed by atoms with E-state index in [1.54, 1.807) is 24.3 Å². The van der Waals surface area contributed by atoms with Crippen molar-refractivity contribution in [2.45, 2.75) is 25.6 Å². The third kappa shape index (κ3) is 6.54. The number of benzene rings is 2. The van der Waals surface area contributed by atoms with Gasteiger partial charge >= 0.3 is 0 Å². The minimum absolute atomic E-state index is 0.0171. The van der Waals surface area contributed by atoms with Gasteiger partial charge in [0.15, 0.2) is 9.84 Å². The minimum Gasteiger partial charge on any atom is -0.311 e. The van der Waals surface area contributed by atoms with Crippen molar-refractivity contribution in [2.75, 3.05) is 24.6 Å². The average Bonchev–Trinajstić information content (AvgIpc) is 3.10. The average molecular weight is 449 g/mol. The summed E-state index contributed by atoms with van der Waals surface area (Å²) in [4.78, 5) is 22.8. The summed E-state index contributed by atoms with van der Waals surface area (Å²) in [6, 6.07) is 12.5. The molecule has 10 nitrogen and oxygen atoms in total. The molecule has 0 saturated carbocycles. The molecular formula is C20H24N4O6S. The van der Waals surface area contributed by atoms with E-state index in [1.165, 1.54) is 24.3 Å². The van der Waals surface area contributed by atoms with Crippen LogP contribution in [0.15, 0.2) is 48.5 Å². The lowest BCUT2D eigenvalue weighted by atomic mass is 10.1. The molecule has 11 heteroatoms. The predicted molar refractivity (Wildman–Crippen MR) is 115 cm³/mol. The highest BCUT2D eigenvalue weighted by molar-refractivity contribution is 7.91. The van der Waals surface area contributed by atoms with Crippen molar-refractivity contribution >= 4 is 21.2 Å². The highest BCUT2D eigenvalue weighted by Crippen LogP contribution is 2.21. The molecule has 0 aromatic heterocycles. The second-order valence-corrected chi connectivity index (χ2v) is 9.78. The second kappa shape index (κ2) is 9.94. The second-order valence-electron chi connectivity index (χ2n) is 7.55. The van der Waals surface area contributed by atoms with Crippen LogP contribution < -0.4 is 5.32 Å². The Morgan fingerprint density at radius 2 is 1.48 bits per heavy atom. The summed E-state index contributed by atoms with van der Waals surface area (Å²) in [5.41, 5.74) is 1.85. The highest BCUT2D eigenvalue weighted by atomic mass is 32.2. The molecule has 1 fully saturated rings. The number of hydrogen-bond donors (Lipinski definition) is 1.